The van der Waals surface area contributed by atoms with Crippen molar-refractivity contribution in [1.82, 2.24) is 0 Å². The summed E-state index contributed by atoms with van der Waals surface area (Å²) < 4.78 is 5.52. The van der Waals surface area contributed by atoms with E-state index in [1.807, 2.05) is 24.5 Å². The molecule has 22 heavy (non-hydrogen) atoms. The minimum absolute atomic E-state index is 0.474. The Morgan fingerprint density at radius 2 is 1.91 bits per heavy atom. The minimum Gasteiger partial charge on any atom is -0.468 e. The Bertz CT molecular complexity index is 733. The van der Waals surface area contributed by atoms with E-state index >= 15 is 0 Å². The molecule has 0 aliphatic carbocycles. The van der Waals surface area contributed by atoms with E-state index < -0.39 is 17.9 Å². The van der Waals surface area contributed by atoms with Crippen molar-refractivity contribution in [3.05, 3.63) is 48.5 Å². The first-order valence-electron chi connectivity index (χ1n) is 6.69. The molecule has 0 aromatic heterocycles. The normalized spacial score (nSPS) is 16.2. The highest BCUT2D eigenvalue weighted by Crippen LogP contribution is 2.30. The van der Waals surface area contributed by atoms with E-state index in [-0.39, 0.29) is 0 Å². The molecule has 1 unspecified atom stereocenters. The Balaban J connectivity index is 1.80. The maximum absolute atomic E-state index is 12.3. The summed E-state index contributed by atoms with van der Waals surface area (Å²) in [6, 6.07) is 14.4. The fraction of sp³-hybridized carbons (Fsp3) is 0.125. The topological polar surface area (TPSA) is 67.4 Å². The number of rotatable bonds is 3. The largest absolute Gasteiger partial charge is 0.468 e. The van der Waals surface area contributed by atoms with Crippen LogP contribution in [0.3, 0.4) is 0 Å². The van der Waals surface area contributed by atoms with Gasteiger partial charge in [-0.05, 0) is 30.5 Å². The molecule has 0 radical (unpaired) electrons. The van der Waals surface area contributed by atoms with Crippen LogP contribution in [-0.2, 0) is 9.59 Å². The van der Waals surface area contributed by atoms with Crippen molar-refractivity contribution in [2.24, 2.45) is 0 Å². The van der Waals surface area contributed by atoms with E-state index in [4.69, 9.17) is 4.74 Å². The van der Waals surface area contributed by atoms with Gasteiger partial charge >= 0.3 is 0 Å². The van der Waals surface area contributed by atoms with Crippen molar-refractivity contribution in [3.8, 4) is 5.75 Å². The molecule has 2 amide bonds. The molecule has 2 N–H and O–H groups in total. The van der Waals surface area contributed by atoms with E-state index in [2.05, 4.69) is 10.6 Å². The second kappa shape index (κ2) is 6.11. The van der Waals surface area contributed by atoms with Gasteiger partial charge in [-0.3, -0.25) is 9.59 Å². The summed E-state index contributed by atoms with van der Waals surface area (Å²) in [6.45, 7) is 0. The highest BCUT2D eigenvalue weighted by atomic mass is 32.2. The lowest BCUT2D eigenvalue weighted by Crippen LogP contribution is -2.45. The van der Waals surface area contributed by atoms with Gasteiger partial charge in [0.1, 0.15) is 5.75 Å². The van der Waals surface area contributed by atoms with Crippen LogP contribution in [0.5, 0.6) is 5.75 Å². The minimum atomic E-state index is -1.20. The summed E-state index contributed by atoms with van der Waals surface area (Å²) in [5.74, 6) is -0.480. The van der Waals surface area contributed by atoms with E-state index in [9.17, 15) is 9.59 Å². The van der Waals surface area contributed by atoms with Gasteiger partial charge in [-0.25, -0.2) is 0 Å². The number of nitrogens with one attached hydrogen (secondary N) is 2. The van der Waals surface area contributed by atoms with Crippen LogP contribution in [0.2, 0.25) is 0 Å². The van der Waals surface area contributed by atoms with Gasteiger partial charge in [0.25, 0.3) is 17.9 Å². The predicted octanol–water partition coefficient (Wildman–Crippen LogP) is 2.75. The number of fused-ring (bicyclic) bond motifs is 1. The summed E-state index contributed by atoms with van der Waals surface area (Å²) in [4.78, 5) is 25.3. The van der Waals surface area contributed by atoms with Crippen molar-refractivity contribution < 1.29 is 14.3 Å². The van der Waals surface area contributed by atoms with Crippen molar-refractivity contribution in [2.45, 2.75) is 11.0 Å². The number of hydrogen-bond acceptors (Lipinski definition) is 4. The van der Waals surface area contributed by atoms with E-state index in [1.165, 1.54) is 11.8 Å². The zero-order chi connectivity index (χ0) is 15.5. The van der Waals surface area contributed by atoms with Gasteiger partial charge in [0.15, 0.2) is 0 Å². The van der Waals surface area contributed by atoms with E-state index in [1.54, 1.807) is 30.3 Å². The molecule has 6 heteroatoms. The van der Waals surface area contributed by atoms with E-state index in [0.717, 1.165) is 4.90 Å². The molecule has 0 spiro atoms. The Morgan fingerprint density at radius 3 is 2.73 bits per heavy atom. The highest BCUT2D eigenvalue weighted by Gasteiger charge is 2.34. The van der Waals surface area contributed by atoms with Crippen molar-refractivity contribution >= 4 is 35.0 Å². The molecule has 0 saturated heterocycles. The first-order chi connectivity index (χ1) is 10.7. The van der Waals surface area contributed by atoms with Gasteiger partial charge in [0.2, 0.25) is 0 Å². The predicted molar refractivity (Wildman–Crippen MR) is 86.3 cm³/mol. The molecule has 2 aromatic rings. The number of ether oxygens (including phenoxy) is 1. The van der Waals surface area contributed by atoms with Crippen molar-refractivity contribution in [3.63, 3.8) is 0 Å². The standard InChI is InChI=1S/C16H14N2O3S/c1-22-13-9-5-3-7-11(13)18-16(20)14-15(19)17-10-6-2-4-8-12(10)21-14/h2-9,14H,1H3,(H,17,19)(H,18,20). The van der Waals surface area contributed by atoms with Gasteiger partial charge in [0, 0.05) is 4.90 Å². The highest BCUT2D eigenvalue weighted by molar-refractivity contribution is 7.98. The van der Waals surface area contributed by atoms with Crippen LogP contribution in [0, 0.1) is 0 Å². The second-order valence-corrected chi connectivity index (χ2v) is 5.52. The molecule has 0 saturated carbocycles. The third-order valence-electron chi connectivity index (χ3n) is 3.23. The quantitative estimate of drug-likeness (QED) is 0.675. The Labute approximate surface area is 132 Å². The molecule has 2 aromatic carbocycles. The first-order valence-corrected chi connectivity index (χ1v) is 7.92. The lowest BCUT2D eigenvalue weighted by atomic mass is 10.2. The molecule has 1 heterocycles. The first kappa shape index (κ1) is 14.5. The summed E-state index contributed by atoms with van der Waals surface area (Å²) in [5.41, 5.74) is 1.23. The molecule has 1 aliphatic rings. The van der Waals surface area contributed by atoms with Gasteiger partial charge in [-0.1, -0.05) is 24.3 Å². The number of carbonyl (C=O) groups is 2. The fourth-order valence-electron chi connectivity index (χ4n) is 2.17. The Kier molecular flexibility index (Phi) is 4.02. The maximum Gasteiger partial charge on any atom is 0.275 e. The smallest absolute Gasteiger partial charge is 0.275 e. The van der Waals surface area contributed by atoms with Gasteiger partial charge in [-0.2, -0.15) is 0 Å². The Morgan fingerprint density at radius 1 is 1.18 bits per heavy atom. The number of amides is 2. The number of carbonyl (C=O) groups excluding carboxylic acids is 2. The van der Waals surface area contributed by atoms with Crippen LogP contribution >= 0.6 is 11.8 Å². The summed E-state index contributed by atoms with van der Waals surface area (Å²) in [6.07, 6.45) is 0.718. The van der Waals surface area contributed by atoms with Crippen molar-refractivity contribution in [2.75, 3.05) is 16.9 Å². The zero-order valence-corrected chi connectivity index (χ0v) is 12.6. The van der Waals surface area contributed by atoms with Gasteiger partial charge in [-0.15, -0.1) is 11.8 Å². The zero-order valence-electron chi connectivity index (χ0n) is 11.8. The third kappa shape index (κ3) is 2.78. The van der Waals surface area contributed by atoms with Crippen LogP contribution < -0.4 is 15.4 Å². The molecular formula is C16H14N2O3S. The van der Waals surface area contributed by atoms with Crippen LogP contribution in [0.15, 0.2) is 53.4 Å². The molecule has 3 rings (SSSR count). The SMILES string of the molecule is CSc1ccccc1NC(=O)C1Oc2ccccc2NC1=O. The monoisotopic (exact) mass is 314 g/mol. The van der Waals surface area contributed by atoms with E-state index in [0.29, 0.717) is 17.1 Å². The molecule has 1 atom stereocenters. The van der Waals surface area contributed by atoms with Crippen LogP contribution in [0.25, 0.3) is 0 Å². The van der Waals surface area contributed by atoms with Gasteiger partial charge in [0.05, 0.1) is 11.4 Å². The average Bonchev–Trinajstić information content (AvgIpc) is 2.54. The summed E-state index contributed by atoms with van der Waals surface area (Å²) in [5, 5.41) is 5.42. The Hall–Kier alpha value is -2.47. The van der Waals surface area contributed by atoms with Gasteiger partial charge < -0.3 is 15.4 Å². The van der Waals surface area contributed by atoms with Crippen LogP contribution in [0.1, 0.15) is 0 Å². The molecule has 112 valence electrons. The second-order valence-electron chi connectivity index (χ2n) is 4.67. The third-order valence-corrected chi connectivity index (χ3v) is 4.03. The summed E-state index contributed by atoms with van der Waals surface area (Å²) in [7, 11) is 0. The number of thioether (sulfide) groups is 1. The number of benzene rings is 2. The molecule has 5 nitrogen and oxygen atoms in total. The summed E-state index contributed by atoms with van der Waals surface area (Å²) >= 11 is 1.52. The lowest BCUT2D eigenvalue weighted by Gasteiger charge is -2.25. The molecular weight excluding hydrogens is 300 g/mol. The van der Waals surface area contributed by atoms with Crippen molar-refractivity contribution in [1.29, 1.82) is 0 Å². The number of anilines is 2. The lowest BCUT2D eigenvalue weighted by molar-refractivity contribution is -0.133. The average molecular weight is 314 g/mol. The maximum atomic E-state index is 12.3. The number of hydrogen-bond donors (Lipinski definition) is 2. The molecule has 0 fully saturated rings. The molecule has 1 aliphatic heterocycles. The molecule has 0 bridgehead atoms. The number of para-hydroxylation sites is 3. The van der Waals surface area contributed by atoms with Crippen LogP contribution in [0.4, 0.5) is 11.4 Å². The fourth-order valence-corrected chi connectivity index (χ4v) is 2.72. The van der Waals surface area contributed by atoms with Crippen LogP contribution in [-0.4, -0.2) is 24.2 Å².